The molecule has 0 aliphatic carbocycles. The summed E-state index contributed by atoms with van der Waals surface area (Å²) in [5, 5.41) is 11.2. The van der Waals surface area contributed by atoms with E-state index in [1.54, 1.807) is 36.5 Å². The molecule has 0 unspecified atom stereocenters. The van der Waals surface area contributed by atoms with Gasteiger partial charge in [0, 0.05) is 16.5 Å². The first kappa shape index (κ1) is 13.3. The number of thiophene rings is 1. The van der Waals surface area contributed by atoms with Crippen LogP contribution in [-0.2, 0) is 6.54 Å². The first-order valence-corrected chi connectivity index (χ1v) is 7.17. The second-order valence-electron chi connectivity index (χ2n) is 4.56. The average Bonchev–Trinajstić information content (AvgIpc) is 2.99. The van der Waals surface area contributed by atoms with Gasteiger partial charge in [-0.1, -0.05) is 12.1 Å². The lowest BCUT2D eigenvalue weighted by Gasteiger charge is -2.05. The lowest BCUT2D eigenvalue weighted by Crippen LogP contribution is -2.23. The zero-order valence-corrected chi connectivity index (χ0v) is 11.8. The van der Waals surface area contributed by atoms with Gasteiger partial charge < -0.3 is 4.57 Å². The van der Waals surface area contributed by atoms with Crippen LogP contribution in [0.2, 0.25) is 0 Å². The molecule has 0 fully saturated rings. The summed E-state index contributed by atoms with van der Waals surface area (Å²) in [5.41, 5.74) is 0.838. The summed E-state index contributed by atoms with van der Waals surface area (Å²) in [4.78, 5) is 24.4. The van der Waals surface area contributed by atoms with Crippen molar-refractivity contribution >= 4 is 27.2 Å². The maximum Gasteiger partial charge on any atom is 0.259 e. The number of Topliss-reactive ketones (excluding diaryl/α,β-unsaturated/α-hetero) is 1. The van der Waals surface area contributed by atoms with Gasteiger partial charge in [-0.15, -0.1) is 11.3 Å². The van der Waals surface area contributed by atoms with E-state index in [0.29, 0.717) is 16.5 Å². The fraction of sp³-hybridized carbons (Fsp3) is 0.0625. The third-order valence-corrected chi connectivity index (χ3v) is 4.12. The molecule has 1 aromatic carbocycles. The van der Waals surface area contributed by atoms with Crippen LogP contribution in [0.15, 0.2) is 52.8 Å². The van der Waals surface area contributed by atoms with Gasteiger partial charge in [0.2, 0.25) is 0 Å². The average molecular weight is 294 g/mol. The first-order valence-electron chi connectivity index (χ1n) is 6.29. The maximum atomic E-state index is 12.2. The zero-order chi connectivity index (χ0) is 14.8. The highest BCUT2D eigenvalue weighted by Gasteiger charge is 2.10. The van der Waals surface area contributed by atoms with Crippen molar-refractivity contribution < 1.29 is 4.79 Å². The standard InChI is InChI=1S/C16H10N2O2S/c17-9-11-1-3-12(4-2-11)14(19)10-18-7-5-15-13(16(18)20)6-8-21-15/h1-8H,10H2. The van der Waals surface area contributed by atoms with Crippen LogP contribution in [-0.4, -0.2) is 10.4 Å². The van der Waals surface area contributed by atoms with Gasteiger partial charge in [-0.2, -0.15) is 5.26 Å². The molecule has 5 heteroatoms. The normalized spacial score (nSPS) is 10.4. The first-order chi connectivity index (χ1) is 10.2. The van der Waals surface area contributed by atoms with Gasteiger partial charge in [-0.05, 0) is 29.6 Å². The van der Waals surface area contributed by atoms with E-state index in [1.165, 1.54) is 15.9 Å². The number of rotatable bonds is 3. The number of carbonyl (C=O) groups excluding carboxylic acids is 1. The second kappa shape index (κ2) is 5.35. The van der Waals surface area contributed by atoms with Crippen molar-refractivity contribution in [3.63, 3.8) is 0 Å². The lowest BCUT2D eigenvalue weighted by molar-refractivity contribution is 0.0971. The third-order valence-electron chi connectivity index (χ3n) is 3.24. The van der Waals surface area contributed by atoms with E-state index in [0.717, 1.165) is 4.70 Å². The molecule has 0 radical (unpaired) electrons. The Balaban J connectivity index is 1.90. The fourth-order valence-corrected chi connectivity index (χ4v) is 2.88. The number of pyridine rings is 1. The molecule has 0 saturated carbocycles. The number of fused-ring (bicyclic) bond motifs is 1. The quantitative estimate of drug-likeness (QED) is 0.698. The van der Waals surface area contributed by atoms with Crippen LogP contribution in [0.1, 0.15) is 15.9 Å². The largest absolute Gasteiger partial charge is 0.307 e. The summed E-state index contributed by atoms with van der Waals surface area (Å²) in [5.74, 6) is -0.156. The van der Waals surface area contributed by atoms with Gasteiger partial charge in [0.1, 0.15) is 0 Å². The molecule has 0 spiro atoms. The highest BCUT2D eigenvalue weighted by Crippen LogP contribution is 2.16. The van der Waals surface area contributed by atoms with E-state index in [1.807, 2.05) is 17.5 Å². The molecular weight excluding hydrogens is 284 g/mol. The highest BCUT2D eigenvalue weighted by molar-refractivity contribution is 7.17. The van der Waals surface area contributed by atoms with Crippen LogP contribution in [0.25, 0.3) is 10.1 Å². The molecule has 2 aromatic heterocycles. The van der Waals surface area contributed by atoms with Crippen molar-refractivity contribution in [3.8, 4) is 6.07 Å². The third kappa shape index (κ3) is 2.49. The monoisotopic (exact) mass is 294 g/mol. The molecular formula is C16H10N2O2S. The van der Waals surface area contributed by atoms with Gasteiger partial charge in [0.05, 0.1) is 23.6 Å². The van der Waals surface area contributed by atoms with E-state index in [4.69, 9.17) is 5.26 Å². The van der Waals surface area contributed by atoms with Crippen LogP contribution in [0, 0.1) is 11.3 Å². The van der Waals surface area contributed by atoms with Crippen LogP contribution in [0.3, 0.4) is 0 Å². The van der Waals surface area contributed by atoms with E-state index < -0.39 is 0 Å². The maximum absolute atomic E-state index is 12.2. The number of ketones is 1. The predicted molar refractivity (Wildman–Crippen MR) is 81.6 cm³/mol. The van der Waals surface area contributed by atoms with Crippen molar-refractivity contribution in [2.45, 2.75) is 6.54 Å². The Labute approximate surface area is 124 Å². The molecule has 3 rings (SSSR count). The number of nitrogens with zero attached hydrogens (tertiary/aromatic N) is 2. The molecule has 0 aliphatic heterocycles. The fourth-order valence-electron chi connectivity index (χ4n) is 2.11. The molecule has 0 aliphatic rings. The molecule has 0 bridgehead atoms. The molecule has 2 heterocycles. The molecule has 21 heavy (non-hydrogen) atoms. The van der Waals surface area contributed by atoms with Gasteiger partial charge >= 0.3 is 0 Å². The second-order valence-corrected chi connectivity index (χ2v) is 5.51. The number of aromatic nitrogens is 1. The minimum Gasteiger partial charge on any atom is -0.307 e. The number of hydrogen-bond donors (Lipinski definition) is 0. The van der Waals surface area contributed by atoms with E-state index in [2.05, 4.69) is 0 Å². The minimum atomic E-state index is -0.157. The van der Waals surface area contributed by atoms with Crippen LogP contribution in [0.4, 0.5) is 0 Å². The van der Waals surface area contributed by atoms with Crippen LogP contribution in [0.5, 0.6) is 0 Å². The summed E-state index contributed by atoms with van der Waals surface area (Å²) in [6, 6.07) is 12.0. The molecule has 0 N–H and O–H groups in total. The number of benzene rings is 1. The lowest BCUT2D eigenvalue weighted by atomic mass is 10.1. The molecule has 0 atom stereocenters. The summed E-state index contributed by atoms with van der Waals surface area (Å²) >= 11 is 1.50. The molecule has 0 amide bonds. The molecule has 102 valence electrons. The van der Waals surface area contributed by atoms with E-state index in [9.17, 15) is 9.59 Å². The summed E-state index contributed by atoms with van der Waals surface area (Å²) in [7, 11) is 0. The highest BCUT2D eigenvalue weighted by atomic mass is 32.1. The number of hydrogen-bond acceptors (Lipinski definition) is 4. The van der Waals surface area contributed by atoms with Gasteiger partial charge in [0.25, 0.3) is 5.56 Å². The molecule has 0 saturated heterocycles. The van der Waals surface area contributed by atoms with Crippen LogP contribution >= 0.6 is 11.3 Å². The number of nitriles is 1. The summed E-state index contributed by atoms with van der Waals surface area (Å²) in [6.45, 7) is -0.00345. The zero-order valence-electron chi connectivity index (χ0n) is 10.9. The SMILES string of the molecule is N#Cc1ccc(C(=O)Cn2ccc3sccc3c2=O)cc1. The van der Waals surface area contributed by atoms with Crippen LogP contribution < -0.4 is 5.56 Å². The summed E-state index contributed by atoms with van der Waals surface area (Å²) < 4.78 is 2.33. The molecule has 3 aromatic rings. The van der Waals surface area contributed by atoms with E-state index >= 15 is 0 Å². The smallest absolute Gasteiger partial charge is 0.259 e. The van der Waals surface area contributed by atoms with Crippen molar-refractivity contribution in [1.82, 2.24) is 4.57 Å². The van der Waals surface area contributed by atoms with Crippen molar-refractivity contribution in [3.05, 3.63) is 69.5 Å². The Morgan fingerprint density at radius 2 is 1.95 bits per heavy atom. The van der Waals surface area contributed by atoms with Crippen molar-refractivity contribution in [1.29, 1.82) is 5.26 Å². The van der Waals surface area contributed by atoms with Crippen molar-refractivity contribution in [2.24, 2.45) is 0 Å². The Bertz CT molecular complexity index is 914. The van der Waals surface area contributed by atoms with Gasteiger partial charge in [0.15, 0.2) is 5.78 Å². The Hall–Kier alpha value is -2.71. The van der Waals surface area contributed by atoms with Crippen molar-refractivity contribution in [2.75, 3.05) is 0 Å². The molecule has 4 nitrogen and oxygen atoms in total. The Kier molecular flexibility index (Phi) is 3.38. The van der Waals surface area contributed by atoms with Gasteiger partial charge in [-0.3, -0.25) is 9.59 Å². The Morgan fingerprint density at radius 1 is 1.19 bits per heavy atom. The topological polar surface area (TPSA) is 62.9 Å². The minimum absolute atomic E-state index is 0.00345. The number of carbonyl (C=O) groups is 1. The van der Waals surface area contributed by atoms with Gasteiger partial charge in [-0.25, -0.2) is 0 Å². The Morgan fingerprint density at radius 3 is 2.67 bits per heavy atom. The predicted octanol–water partition coefficient (Wildman–Crippen LogP) is 2.82. The summed E-state index contributed by atoms with van der Waals surface area (Å²) in [6.07, 6.45) is 1.64. The van der Waals surface area contributed by atoms with E-state index in [-0.39, 0.29) is 17.9 Å².